The molecule has 8 heteroatoms. The summed E-state index contributed by atoms with van der Waals surface area (Å²) in [6, 6.07) is 13.2. The van der Waals surface area contributed by atoms with E-state index < -0.39 is 0 Å². The molecule has 0 saturated carbocycles. The van der Waals surface area contributed by atoms with Gasteiger partial charge in [-0.3, -0.25) is 4.79 Å². The highest BCUT2D eigenvalue weighted by Crippen LogP contribution is 2.36. The summed E-state index contributed by atoms with van der Waals surface area (Å²) in [5.74, 6) is 0.721. The summed E-state index contributed by atoms with van der Waals surface area (Å²) in [5.41, 5.74) is 4.73. The predicted molar refractivity (Wildman–Crippen MR) is 107 cm³/mol. The summed E-state index contributed by atoms with van der Waals surface area (Å²) in [5, 5.41) is 15.5. The zero-order chi connectivity index (χ0) is 19.8. The van der Waals surface area contributed by atoms with E-state index in [-0.39, 0.29) is 11.9 Å². The van der Waals surface area contributed by atoms with Gasteiger partial charge >= 0.3 is 0 Å². The number of ether oxygens (including phenoxy) is 1. The summed E-state index contributed by atoms with van der Waals surface area (Å²) in [4.78, 5) is 16.5. The molecule has 1 amide bonds. The minimum Gasteiger partial charge on any atom is -0.497 e. The van der Waals surface area contributed by atoms with Crippen molar-refractivity contribution in [3.8, 4) is 11.4 Å². The maximum Gasteiger partial charge on any atom is 0.251 e. The highest BCUT2D eigenvalue weighted by molar-refractivity contribution is 5.95. The summed E-state index contributed by atoms with van der Waals surface area (Å²) >= 11 is 0. The number of H-pyrrole nitrogens is 1. The Balaban J connectivity index is 1.43. The number of rotatable bonds is 4. The topological polar surface area (TPSA) is 97.7 Å². The molecule has 0 radical (unpaired) electrons. The van der Waals surface area contributed by atoms with Crippen LogP contribution in [-0.2, 0) is 6.42 Å². The number of carbonyl (C=O) groups excluding carboxylic acids is 1. The number of nitrogens with one attached hydrogen (secondary N) is 2. The van der Waals surface area contributed by atoms with Crippen LogP contribution in [0.15, 0.2) is 48.8 Å². The predicted octanol–water partition coefficient (Wildman–Crippen LogP) is 2.96. The first-order valence-corrected chi connectivity index (χ1v) is 9.56. The Bertz CT molecular complexity index is 1180. The second kappa shape index (κ2) is 7.05. The number of benzene rings is 2. The largest absolute Gasteiger partial charge is 0.497 e. The SMILES string of the molecule is COc1ccc2[nH]c3c(c2c1)CCC[C@@H]3NC(=O)c1cccc(-n2cnnn2)c1. The van der Waals surface area contributed by atoms with E-state index in [2.05, 4.69) is 31.9 Å². The van der Waals surface area contributed by atoms with Gasteiger partial charge in [0.25, 0.3) is 5.91 Å². The second-order valence-electron chi connectivity index (χ2n) is 7.15. The first-order chi connectivity index (χ1) is 14.2. The zero-order valence-electron chi connectivity index (χ0n) is 15.9. The lowest BCUT2D eigenvalue weighted by atomic mass is 9.91. The van der Waals surface area contributed by atoms with Crippen molar-refractivity contribution in [2.75, 3.05) is 7.11 Å². The number of aromatic nitrogens is 5. The van der Waals surface area contributed by atoms with Crippen LogP contribution in [0, 0.1) is 0 Å². The van der Waals surface area contributed by atoms with Crippen LogP contribution in [0.3, 0.4) is 0 Å². The van der Waals surface area contributed by atoms with Gasteiger partial charge in [0, 0.05) is 22.2 Å². The van der Waals surface area contributed by atoms with Gasteiger partial charge in [-0.05, 0) is 71.7 Å². The van der Waals surface area contributed by atoms with Crippen LogP contribution in [0.2, 0.25) is 0 Å². The number of amides is 1. The molecule has 0 spiro atoms. The number of carbonyl (C=O) groups is 1. The van der Waals surface area contributed by atoms with Crippen LogP contribution in [0.5, 0.6) is 5.75 Å². The van der Waals surface area contributed by atoms with Crippen LogP contribution in [-0.4, -0.2) is 38.2 Å². The molecule has 2 aromatic carbocycles. The Morgan fingerprint density at radius 2 is 2.21 bits per heavy atom. The van der Waals surface area contributed by atoms with Gasteiger partial charge in [0.05, 0.1) is 18.8 Å². The Hall–Kier alpha value is -3.68. The lowest BCUT2D eigenvalue weighted by Crippen LogP contribution is -2.31. The van der Waals surface area contributed by atoms with Crippen molar-refractivity contribution in [3.05, 3.63) is 65.6 Å². The van der Waals surface area contributed by atoms with E-state index in [1.165, 1.54) is 22.0 Å². The van der Waals surface area contributed by atoms with Gasteiger partial charge in [0.15, 0.2) is 0 Å². The number of tetrazole rings is 1. The molecule has 0 fully saturated rings. The van der Waals surface area contributed by atoms with E-state index in [9.17, 15) is 4.79 Å². The number of aromatic amines is 1. The normalized spacial score (nSPS) is 15.8. The van der Waals surface area contributed by atoms with Crippen molar-refractivity contribution in [3.63, 3.8) is 0 Å². The molecule has 1 atom stereocenters. The van der Waals surface area contributed by atoms with Gasteiger partial charge in [0.1, 0.15) is 12.1 Å². The highest BCUT2D eigenvalue weighted by atomic mass is 16.5. The van der Waals surface area contributed by atoms with Crippen molar-refractivity contribution < 1.29 is 9.53 Å². The number of aryl methyl sites for hydroxylation is 1. The van der Waals surface area contributed by atoms with Crippen LogP contribution in [0.1, 0.15) is 40.5 Å². The number of hydrogen-bond acceptors (Lipinski definition) is 5. The molecular weight excluding hydrogens is 368 g/mol. The highest BCUT2D eigenvalue weighted by Gasteiger charge is 2.26. The Labute approximate surface area is 166 Å². The summed E-state index contributed by atoms with van der Waals surface area (Å²) in [6.07, 6.45) is 4.41. The Morgan fingerprint density at radius 3 is 3.03 bits per heavy atom. The quantitative estimate of drug-likeness (QED) is 0.560. The third kappa shape index (κ3) is 3.12. The third-order valence-electron chi connectivity index (χ3n) is 5.44. The third-order valence-corrected chi connectivity index (χ3v) is 5.44. The van der Waals surface area contributed by atoms with E-state index in [4.69, 9.17) is 4.74 Å². The van der Waals surface area contributed by atoms with Crippen molar-refractivity contribution >= 4 is 16.8 Å². The molecule has 1 aliphatic rings. The minimum atomic E-state index is -0.117. The van der Waals surface area contributed by atoms with E-state index in [0.717, 1.165) is 41.9 Å². The monoisotopic (exact) mass is 388 g/mol. The first-order valence-electron chi connectivity index (χ1n) is 9.56. The fourth-order valence-electron chi connectivity index (χ4n) is 4.02. The summed E-state index contributed by atoms with van der Waals surface area (Å²) in [7, 11) is 1.67. The van der Waals surface area contributed by atoms with E-state index >= 15 is 0 Å². The maximum absolute atomic E-state index is 13.0. The van der Waals surface area contributed by atoms with Crippen LogP contribution < -0.4 is 10.1 Å². The molecule has 0 bridgehead atoms. The standard InChI is InChI=1S/C21H20N6O2/c1-29-15-8-9-18-17(11-15)16-6-3-7-19(20(16)23-18)24-21(28)13-4-2-5-14(10-13)27-12-22-25-26-27/h2,4-5,8-12,19,23H,3,6-7H2,1H3,(H,24,28)/t19-/m0/s1. The number of nitrogens with zero attached hydrogens (tertiary/aromatic N) is 4. The average molecular weight is 388 g/mol. The van der Waals surface area contributed by atoms with Gasteiger partial charge in [-0.1, -0.05) is 6.07 Å². The van der Waals surface area contributed by atoms with Crippen molar-refractivity contribution in [2.45, 2.75) is 25.3 Å². The van der Waals surface area contributed by atoms with Crippen molar-refractivity contribution in [2.24, 2.45) is 0 Å². The number of methoxy groups -OCH3 is 1. The Morgan fingerprint density at radius 1 is 1.28 bits per heavy atom. The molecule has 5 rings (SSSR count). The van der Waals surface area contributed by atoms with Crippen LogP contribution >= 0.6 is 0 Å². The Kier molecular flexibility index (Phi) is 4.23. The fraction of sp³-hybridized carbons (Fsp3) is 0.238. The molecule has 4 aromatic rings. The first kappa shape index (κ1) is 17.4. The maximum atomic E-state index is 13.0. The van der Waals surface area contributed by atoms with Gasteiger partial charge < -0.3 is 15.0 Å². The van der Waals surface area contributed by atoms with Crippen LogP contribution in [0.4, 0.5) is 0 Å². The zero-order valence-corrected chi connectivity index (χ0v) is 15.9. The molecule has 0 aliphatic heterocycles. The molecule has 2 N–H and O–H groups in total. The molecular formula is C21H20N6O2. The van der Waals surface area contributed by atoms with Gasteiger partial charge in [0.2, 0.25) is 0 Å². The molecule has 2 heterocycles. The fourth-order valence-corrected chi connectivity index (χ4v) is 4.02. The lowest BCUT2D eigenvalue weighted by molar-refractivity contribution is 0.0932. The summed E-state index contributed by atoms with van der Waals surface area (Å²) < 4.78 is 6.90. The average Bonchev–Trinajstić information content (AvgIpc) is 3.42. The van der Waals surface area contributed by atoms with Crippen LogP contribution in [0.25, 0.3) is 16.6 Å². The number of fused-ring (bicyclic) bond motifs is 3. The van der Waals surface area contributed by atoms with E-state index in [1.54, 1.807) is 19.2 Å². The second-order valence-corrected chi connectivity index (χ2v) is 7.15. The number of hydrogen-bond donors (Lipinski definition) is 2. The van der Waals surface area contributed by atoms with E-state index in [0.29, 0.717) is 5.56 Å². The van der Waals surface area contributed by atoms with Gasteiger partial charge in [-0.2, -0.15) is 0 Å². The molecule has 8 nitrogen and oxygen atoms in total. The lowest BCUT2D eigenvalue weighted by Gasteiger charge is -2.24. The molecule has 29 heavy (non-hydrogen) atoms. The molecule has 0 saturated heterocycles. The molecule has 1 aliphatic carbocycles. The van der Waals surface area contributed by atoms with E-state index in [1.807, 2.05) is 24.3 Å². The molecule has 2 aromatic heterocycles. The van der Waals surface area contributed by atoms with Gasteiger partial charge in [-0.15, -0.1) is 5.10 Å². The smallest absolute Gasteiger partial charge is 0.251 e. The molecule has 0 unspecified atom stereocenters. The van der Waals surface area contributed by atoms with Gasteiger partial charge in [-0.25, -0.2) is 4.68 Å². The van der Waals surface area contributed by atoms with Crippen molar-refractivity contribution in [1.29, 1.82) is 0 Å². The van der Waals surface area contributed by atoms with Crippen molar-refractivity contribution in [1.82, 2.24) is 30.5 Å². The summed E-state index contributed by atoms with van der Waals surface area (Å²) in [6.45, 7) is 0. The molecule has 146 valence electrons. The minimum absolute atomic E-state index is 0.0543.